The fraction of sp³-hybridized carbons (Fsp3) is 0.333. The zero-order chi connectivity index (χ0) is 14.9. The topological polar surface area (TPSA) is 18.5 Å². The molecule has 0 aromatic heterocycles. The summed E-state index contributed by atoms with van der Waals surface area (Å²) in [5.74, 6) is 0.863. The maximum Gasteiger partial charge on any atom is 0.118 e. The van der Waals surface area contributed by atoms with Gasteiger partial charge < -0.3 is 9.47 Å². The van der Waals surface area contributed by atoms with E-state index in [1.165, 1.54) is 5.56 Å². The predicted molar refractivity (Wildman–Crippen MR) is 87.1 cm³/mol. The molecule has 1 atom stereocenters. The van der Waals surface area contributed by atoms with Gasteiger partial charge in [0.2, 0.25) is 0 Å². The molecule has 2 nitrogen and oxygen atoms in total. The van der Waals surface area contributed by atoms with Crippen molar-refractivity contribution < 1.29 is 9.47 Å². The Morgan fingerprint density at radius 2 is 1.67 bits per heavy atom. The minimum Gasteiger partial charge on any atom is -0.497 e. The first-order chi connectivity index (χ1) is 10.3. The van der Waals surface area contributed by atoms with Gasteiger partial charge in [-0.15, -0.1) is 11.6 Å². The van der Waals surface area contributed by atoms with E-state index in [1.54, 1.807) is 7.11 Å². The van der Waals surface area contributed by atoms with Crippen molar-refractivity contribution in [3.8, 4) is 5.75 Å². The Morgan fingerprint density at radius 1 is 0.952 bits per heavy atom. The number of hydrogen-bond donors (Lipinski definition) is 0. The highest BCUT2D eigenvalue weighted by molar-refractivity contribution is 6.20. The summed E-state index contributed by atoms with van der Waals surface area (Å²) in [6, 6.07) is 18.2. The van der Waals surface area contributed by atoms with Gasteiger partial charge in [-0.2, -0.15) is 0 Å². The molecule has 2 rings (SSSR count). The second kappa shape index (κ2) is 8.71. The maximum atomic E-state index is 6.34. The minimum absolute atomic E-state index is 0.114. The fourth-order valence-electron chi connectivity index (χ4n) is 2.09. The normalized spacial score (nSPS) is 12.1. The standard InChI is InChI=1S/C18H21ClO2/c1-20-18-9-7-16(8-10-18)14-21-12-11-17(19)13-15-5-3-2-4-6-15/h2-10,17H,11-14H2,1H3. The van der Waals surface area contributed by atoms with Gasteiger partial charge >= 0.3 is 0 Å². The van der Waals surface area contributed by atoms with Crippen LogP contribution >= 0.6 is 11.6 Å². The van der Waals surface area contributed by atoms with E-state index in [2.05, 4.69) is 12.1 Å². The lowest BCUT2D eigenvalue weighted by molar-refractivity contribution is 0.118. The summed E-state index contributed by atoms with van der Waals surface area (Å²) in [7, 11) is 1.67. The molecule has 0 aliphatic heterocycles. The molecular formula is C18H21ClO2. The molecule has 0 N–H and O–H groups in total. The van der Waals surface area contributed by atoms with E-state index < -0.39 is 0 Å². The summed E-state index contributed by atoms with van der Waals surface area (Å²) < 4.78 is 10.8. The molecule has 0 fully saturated rings. The molecule has 0 aliphatic rings. The number of ether oxygens (including phenoxy) is 2. The van der Waals surface area contributed by atoms with Crippen molar-refractivity contribution in [1.82, 2.24) is 0 Å². The van der Waals surface area contributed by atoms with Gasteiger partial charge in [0.05, 0.1) is 13.7 Å². The highest BCUT2D eigenvalue weighted by atomic mass is 35.5. The van der Waals surface area contributed by atoms with Crippen molar-refractivity contribution in [2.45, 2.75) is 24.8 Å². The number of hydrogen-bond acceptors (Lipinski definition) is 2. The van der Waals surface area contributed by atoms with Crippen molar-refractivity contribution in [3.63, 3.8) is 0 Å². The third-order valence-electron chi connectivity index (χ3n) is 3.30. The molecule has 0 bridgehead atoms. The second-order valence-corrected chi connectivity index (χ2v) is 5.59. The van der Waals surface area contributed by atoms with Crippen LogP contribution in [-0.4, -0.2) is 19.1 Å². The Morgan fingerprint density at radius 3 is 2.33 bits per heavy atom. The van der Waals surface area contributed by atoms with Gasteiger partial charge in [0, 0.05) is 12.0 Å². The quantitative estimate of drug-likeness (QED) is 0.530. The van der Waals surface area contributed by atoms with Crippen LogP contribution in [0.1, 0.15) is 17.5 Å². The average molecular weight is 305 g/mol. The van der Waals surface area contributed by atoms with E-state index >= 15 is 0 Å². The Bertz CT molecular complexity index is 511. The van der Waals surface area contributed by atoms with Gasteiger partial charge in [-0.25, -0.2) is 0 Å². The van der Waals surface area contributed by atoms with E-state index in [0.717, 1.165) is 24.2 Å². The van der Waals surface area contributed by atoms with Gasteiger partial charge in [0.1, 0.15) is 5.75 Å². The number of benzene rings is 2. The van der Waals surface area contributed by atoms with Crippen LogP contribution in [0.3, 0.4) is 0 Å². The molecule has 0 aliphatic carbocycles. The van der Waals surface area contributed by atoms with E-state index in [1.807, 2.05) is 42.5 Å². The Balaban J connectivity index is 1.64. The maximum absolute atomic E-state index is 6.34. The van der Waals surface area contributed by atoms with Crippen molar-refractivity contribution >= 4 is 11.6 Å². The lowest BCUT2D eigenvalue weighted by atomic mass is 10.1. The summed E-state index contributed by atoms with van der Waals surface area (Å²) in [6.45, 7) is 1.28. The zero-order valence-corrected chi connectivity index (χ0v) is 13.1. The van der Waals surface area contributed by atoms with E-state index in [4.69, 9.17) is 21.1 Å². The third-order valence-corrected chi connectivity index (χ3v) is 3.68. The molecule has 0 saturated carbocycles. The van der Waals surface area contributed by atoms with E-state index in [9.17, 15) is 0 Å². The first-order valence-electron chi connectivity index (χ1n) is 7.16. The van der Waals surface area contributed by atoms with Gasteiger partial charge in [0.25, 0.3) is 0 Å². The van der Waals surface area contributed by atoms with Crippen molar-refractivity contribution in [3.05, 3.63) is 65.7 Å². The summed E-state index contributed by atoms with van der Waals surface area (Å²) >= 11 is 6.34. The summed E-state index contributed by atoms with van der Waals surface area (Å²) in [5, 5.41) is 0.114. The van der Waals surface area contributed by atoms with Gasteiger partial charge in [-0.1, -0.05) is 42.5 Å². The molecule has 0 radical (unpaired) electrons. The van der Waals surface area contributed by atoms with Crippen LogP contribution in [0.25, 0.3) is 0 Å². The van der Waals surface area contributed by atoms with E-state index in [0.29, 0.717) is 13.2 Å². The van der Waals surface area contributed by atoms with Gasteiger partial charge in [0.15, 0.2) is 0 Å². The molecule has 0 spiro atoms. The molecule has 2 aromatic carbocycles. The van der Waals surface area contributed by atoms with Crippen LogP contribution in [-0.2, 0) is 17.8 Å². The Hall–Kier alpha value is -1.51. The lowest BCUT2D eigenvalue weighted by Gasteiger charge is -2.10. The van der Waals surface area contributed by atoms with Crippen LogP contribution < -0.4 is 4.74 Å². The smallest absolute Gasteiger partial charge is 0.118 e. The SMILES string of the molecule is COc1ccc(COCCC(Cl)Cc2ccccc2)cc1. The summed E-state index contributed by atoms with van der Waals surface area (Å²) in [5.41, 5.74) is 2.41. The molecule has 3 heteroatoms. The molecule has 2 aromatic rings. The van der Waals surface area contributed by atoms with Crippen LogP contribution in [0.15, 0.2) is 54.6 Å². The number of methoxy groups -OCH3 is 1. The molecule has 112 valence electrons. The number of halogens is 1. The largest absolute Gasteiger partial charge is 0.497 e. The average Bonchev–Trinajstić information content (AvgIpc) is 2.53. The monoisotopic (exact) mass is 304 g/mol. The number of alkyl halides is 1. The van der Waals surface area contributed by atoms with Gasteiger partial charge in [-0.3, -0.25) is 0 Å². The molecular weight excluding hydrogens is 284 g/mol. The first-order valence-corrected chi connectivity index (χ1v) is 7.60. The van der Waals surface area contributed by atoms with Crippen LogP contribution in [0.5, 0.6) is 5.75 Å². The highest BCUT2D eigenvalue weighted by Gasteiger charge is 2.05. The predicted octanol–water partition coefficient (Wildman–Crippen LogP) is 4.45. The van der Waals surface area contributed by atoms with Gasteiger partial charge in [-0.05, 0) is 36.1 Å². The summed E-state index contributed by atoms with van der Waals surface area (Å²) in [4.78, 5) is 0. The molecule has 1 unspecified atom stereocenters. The van der Waals surface area contributed by atoms with Crippen molar-refractivity contribution in [1.29, 1.82) is 0 Å². The third kappa shape index (κ3) is 5.78. The van der Waals surface area contributed by atoms with Crippen molar-refractivity contribution in [2.75, 3.05) is 13.7 Å². The Labute approximate surface area is 131 Å². The lowest BCUT2D eigenvalue weighted by Crippen LogP contribution is -2.08. The highest BCUT2D eigenvalue weighted by Crippen LogP contribution is 2.14. The summed E-state index contributed by atoms with van der Waals surface area (Å²) in [6.07, 6.45) is 1.74. The molecule has 0 saturated heterocycles. The Kier molecular flexibility index (Phi) is 6.58. The van der Waals surface area contributed by atoms with Crippen molar-refractivity contribution in [2.24, 2.45) is 0 Å². The van der Waals surface area contributed by atoms with Crippen LogP contribution in [0, 0.1) is 0 Å². The van der Waals surface area contributed by atoms with Crippen LogP contribution in [0.4, 0.5) is 0 Å². The fourth-order valence-corrected chi connectivity index (χ4v) is 2.36. The molecule has 21 heavy (non-hydrogen) atoms. The van der Waals surface area contributed by atoms with Crippen LogP contribution in [0.2, 0.25) is 0 Å². The number of rotatable bonds is 8. The first kappa shape index (κ1) is 15.9. The molecule has 0 heterocycles. The zero-order valence-electron chi connectivity index (χ0n) is 12.3. The van der Waals surface area contributed by atoms with E-state index in [-0.39, 0.29) is 5.38 Å². The molecule has 0 amide bonds. The minimum atomic E-state index is 0.114. The second-order valence-electron chi connectivity index (χ2n) is 4.98.